The quantitative estimate of drug-likeness (QED) is 0.0536. The molecule has 5 aromatic carbocycles. The summed E-state index contributed by atoms with van der Waals surface area (Å²) in [6.45, 7) is -0.498. The molecule has 0 bridgehead atoms. The van der Waals surface area contributed by atoms with Gasteiger partial charge in [-0.1, -0.05) is 103 Å². The number of thiazole rings is 1. The maximum atomic E-state index is 14.6. The van der Waals surface area contributed by atoms with Gasteiger partial charge in [-0.2, -0.15) is 0 Å². The highest BCUT2D eigenvalue weighted by Crippen LogP contribution is 2.43. The standard InChI is InChI=1S/C58H47N3O16S2/c1-33(63)71-47-44(61-50(64)38-26-14-15-27-39(38)51(61)65)57(79-58-60-41(32-78-58)40-28-16-17-29-59-40)73-42(30-62)45(47)77-56-49(76-55(69)37-24-12-5-13-25-37)48(75-54(68)36-22-10-4-11-23-36)46(74-53(67)35-20-8-3-9-21-35)43(72-56)31-70-52(66)34-18-6-2-7-19-34/h2-29,32,42-49,56-57,62H,30-31H2,1H3. The molecule has 3 aliphatic heterocycles. The number of pyridine rings is 1. The number of carbonyl (C=O) groups excluding carboxylic acids is 7. The summed E-state index contributed by atoms with van der Waals surface area (Å²) in [7, 11) is 0. The van der Waals surface area contributed by atoms with Crippen molar-refractivity contribution in [3.63, 3.8) is 0 Å². The Morgan fingerprint density at radius 3 is 1.59 bits per heavy atom. The number of fused-ring (bicyclic) bond motifs is 1. The maximum Gasteiger partial charge on any atom is 0.338 e. The van der Waals surface area contributed by atoms with E-state index in [1.807, 2.05) is 0 Å². The molecular formula is C58H47N3O16S2. The maximum absolute atomic E-state index is 14.6. The van der Waals surface area contributed by atoms with Crippen LogP contribution in [0, 0.1) is 0 Å². The van der Waals surface area contributed by atoms with E-state index in [2.05, 4.69) is 4.98 Å². The molecule has 21 heteroatoms. The molecule has 10 unspecified atom stereocenters. The zero-order chi connectivity index (χ0) is 55.0. The summed E-state index contributed by atoms with van der Waals surface area (Å²) in [6, 6.07) is 41.0. The van der Waals surface area contributed by atoms with Crippen LogP contribution in [0.1, 0.15) is 69.1 Å². The van der Waals surface area contributed by atoms with Crippen molar-refractivity contribution in [3.8, 4) is 11.4 Å². The van der Waals surface area contributed by atoms with E-state index in [0.717, 1.165) is 23.6 Å². The molecule has 10 rings (SSSR count). The number of nitrogens with zero attached hydrogens (tertiary/aromatic N) is 3. The molecule has 1 N–H and O–H groups in total. The first kappa shape index (κ1) is 53.9. The minimum atomic E-state index is -2.01. The van der Waals surface area contributed by atoms with Crippen molar-refractivity contribution in [1.29, 1.82) is 0 Å². The second-order valence-electron chi connectivity index (χ2n) is 18.0. The summed E-state index contributed by atoms with van der Waals surface area (Å²) in [5.41, 5.74) is 0.0332. The van der Waals surface area contributed by atoms with Gasteiger partial charge < -0.3 is 43.0 Å². The van der Waals surface area contributed by atoms with Gasteiger partial charge in [-0.3, -0.25) is 24.3 Å². The van der Waals surface area contributed by atoms with E-state index in [1.54, 1.807) is 115 Å². The normalized spacial score (nSPS) is 23.4. The number of thioether (sulfide) groups is 1. The van der Waals surface area contributed by atoms with Gasteiger partial charge >= 0.3 is 29.8 Å². The molecule has 79 heavy (non-hydrogen) atoms. The predicted octanol–water partition coefficient (Wildman–Crippen LogP) is 7.25. The number of hydrogen-bond acceptors (Lipinski definition) is 20. The number of aliphatic hydroxyl groups excluding tert-OH is 1. The van der Waals surface area contributed by atoms with Crippen LogP contribution in [-0.2, 0) is 42.7 Å². The minimum absolute atomic E-state index is 0.0112. The summed E-state index contributed by atoms with van der Waals surface area (Å²) >= 11 is 2.18. The van der Waals surface area contributed by atoms with Crippen LogP contribution in [0.2, 0.25) is 0 Å². The monoisotopic (exact) mass is 1110 g/mol. The van der Waals surface area contributed by atoms with E-state index in [4.69, 9.17) is 42.9 Å². The van der Waals surface area contributed by atoms with Gasteiger partial charge in [-0.25, -0.2) is 24.2 Å². The van der Waals surface area contributed by atoms with Crippen LogP contribution < -0.4 is 0 Å². The van der Waals surface area contributed by atoms with E-state index in [1.165, 1.54) is 72.0 Å². The highest BCUT2D eigenvalue weighted by molar-refractivity contribution is 8.01. The van der Waals surface area contributed by atoms with Crippen molar-refractivity contribution in [2.75, 3.05) is 13.2 Å². The largest absolute Gasteiger partial charge is 0.459 e. The number of imide groups is 1. The van der Waals surface area contributed by atoms with Gasteiger partial charge in [0.05, 0.1) is 45.7 Å². The topological polar surface area (TPSA) is 243 Å². The summed E-state index contributed by atoms with van der Waals surface area (Å²) in [4.78, 5) is 109. The van der Waals surface area contributed by atoms with Crippen LogP contribution in [0.25, 0.3) is 11.4 Å². The van der Waals surface area contributed by atoms with Crippen molar-refractivity contribution < 1.29 is 76.6 Å². The Labute approximate surface area is 459 Å². The summed E-state index contributed by atoms with van der Waals surface area (Å²) in [5, 5.41) is 13.1. The average molecular weight is 1110 g/mol. The Kier molecular flexibility index (Phi) is 16.7. The lowest BCUT2D eigenvalue weighted by Crippen LogP contribution is -2.69. The van der Waals surface area contributed by atoms with Crippen molar-refractivity contribution in [3.05, 3.63) is 209 Å². The molecule has 0 radical (unpaired) electrons. The molecule has 2 saturated heterocycles. The van der Waals surface area contributed by atoms with Gasteiger partial charge in [0.1, 0.15) is 42.1 Å². The van der Waals surface area contributed by atoms with Gasteiger partial charge in [0, 0.05) is 18.5 Å². The van der Waals surface area contributed by atoms with E-state index in [-0.39, 0.29) is 33.4 Å². The summed E-state index contributed by atoms with van der Waals surface area (Å²) in [6.07, 6.45) is -12.7. The Balaban J connectivity index is 1.09. The van der Waals surface area contributed by atoms with E-state index in [0.29, 0.717) is 15.7 Å². The molecule has 10 atom stereocenters. The molecule has 0 aliphatic carbocycles. The van der Waals surface area contributed by atoms with E-state index in [9.17, 15) is 38.7 Å². The Hall–Kier alpha value is -8.44. The van der Waals surface area contributed by atoms with Crippen LogP contribution in [0.5, 0.6) is 0 Å². The molecule has 7 aromatic rings. The fraction of sp³-hybridized carbons (Fsp3) is 0.224. The number of aromatic nitrogens is 2. The molecule has 19 nitrogen and oxygen atoms in total. The molecule has 402 valence electrons. The lowest BCUT2D eigenvalue weighted by atomic mass is 9.94. The van der Waals surface area contributed by atoms with E-state index < -0.39 is 115 Å². The zero-order valence-corrected chi connectivity index (χ0v) is 43.3. The van der Waals surface area contributed by atoms with Crippen molar-refractivity contribution in [1.82, 2.24) is 14.9 Å². The lowest BCUT2D eigenvalue weighted by Gasteiger charge is -2.50. The Morgan fingerprint density at radius 1 is 0.570 bits per heavy atom. The number of ether oxygens (including phenoxy) is 8. The predicted molar refractivity (Wildman–Crippen MR) is 280 cm³/mol. The third-order valence-electron chi connectivity index (χ3n) is 12.9. The van der Waals surface area contributed by atoms with Gasteiger partial charge in [-0.05, 0) is 72.8 Å². The fourth-order valence-corrected chi connectivity index (χ4v) is 11.4. The number of amides is 2. The molecule has 5 heterocycles. The second-order valence-corrected chi connectivity index (χ2v) is 20.2. The Bertz CT molecular complexity index is 3290. The summed E-state index contributed by atoms with van der Waals surface area (Å²) < 4.78 is 51.2. The zero-order valence-electron chi connectivity index (χ0n) is 41.7. The van der Waals surface area contributed by atoms with Crippen molar-refractivity contribution in [2.24, 2.45) is 0 Å². The second kappa shape index (κ2) is 24.5. The number of aliphatic hydroxyl groups is 1. The summed E-state index contributed by atoms with van der Waals surface area (Å²) in [5.74, 6) is -6.23. The SMILES string of the molecule is CC(=O)OC1C(OC2OC(COC(=O)c3ccccc3)C(OC(=O)c3ccccc3)C(OC(=O)c3ccccc3)C2OC(=O)c2ccccc2)C(CO)OC(Sc2nc(-c3ccccn3)cs2)C1N1C(=O)c2ccccc2C1=O. The van der Waals surface area contributed by atoms with Crippen LogP contribution in [-0.4, -0.2) is 135 Å². The van der Waals surface area contributed by atoms with Gasteiger partial charge in [-0.15, -0.1) is 11.3 Å². The number of carbonyl (C=O) groups is 7. The number of rotatable bonds is 17. The first-order valence-electron chi connectivity index (χ1n) is 24.7. The molecule has 0 saturated carbocycles. The molecule has 2 fully saturated rings. The van der Waals surface area contributed by atoms with Gasteiger partial charge in [0.15, 0.2) is 35.0 Å². The molecule has 2 amide bonds. The highest BCUT2D eigenvalue weighted by Gasteiger charge is 2.60. The first-order chi connectivity index (χ1) is 38.4. The first-order valence-corrected chi connectivity index (χ1v) is 26.5. The number of esters is 5. The fourth-order valence-electron chi connectivity index (χ4n) is 9.21. The van der Waals surface area contributed by atoms with Crippen molar-refractivity contribution >= 4 is 64.8 Å². The van der Waals surface area contributed by atoms with Gasteiger partial charge in [0.2, 0.25) is 0 Å². The smallest absolute Gasteiger partial charge is 0.338 e. The Morgan fingerprint density at radius 2 is 1.08 bits per heavy atom. The number of hydrogen-bond donors (Lipinski definition) is 1. The minimum Gasteiger partial charge on any atom is -0.459 e. The van der Waals surface area contributed by atoms with Gasteiger partial charge in [0.25, 0.3) is 11.8 Å². The molecule has 2 aromatic heterocycles. The van der Waals surface area contributed by atoms with Crippen LogP contribution in [0.3, 0.4) is 0 Å². The molecule has 0 spiro atoms. The average Bonchev–Trinajstić information content (AvgIpc) is 4.31. The van der Waals surface area contributed by atoms with Crippen LogP contribution in [0.15, 0.2) is 180 Å². The number of benzene rings is 5. The third-order valence-corrected chi connectivity index (χ3v) is 15.0. The molecule has 3 aliphatic rings. The lowest BCUT2D eigenvalue weighted by molar-refractivity contribution is -0.332. The van der Waals surface area contributed by atoms with Crippen molar-refractivity contribution in [2.45, 2.75) is 71.8 Å². The van der Waals surface area contributed by atoms with Crippen LogP contribution in [0.4, 0.5) is 0 Å². The van der Waals surface area contributed by atoms with E-state index >= 15 is 0 Å². The highest BCUT2D eigenvalue weighted by atomic mass is 32.2. The van der Waals surface area contributed by atoms with Crippen LogP contribution >= 0.6 is 23.1 Å². The molecular weight excluding hydrogens is 1060 g/mol. The third kappa shape index (κ3) is 12.0.